The van der Waals surface area contributed by atoms with Crippen LogP contribution in [-0.4, -0.2) is 61.1 Å². The number of terminal acetylenes is 1. The average Bonchev–Trinajstić information content (AvgIpc) is 2.56. The maximum Gasteiger partial charge on any atom is 0.225 e. The van der Waals surface area contributed by atoms with Gasteiger partial charge in [-0.1, -0.05) is 12.8 Å². The lowest BCUT2D eigenvalue weighted by atomic mass is 9.94. The van der Waals surface area contributed by atoms with Gasteiger partial charge < -0.3 is 9.64 Å². The van der Waals surface area contributed by atoms with Crippen LogP contribution < -0.4 is 0 Å². The van der Waals surface area contributed by atoms with Crippen LogP contribution in [0.25, 0.3) is 0 Å². The highest BCUT2D eigenvalue weighted by Crippen LogP contribution is 2.21. The summed E-state index contributed by atoms with van der Waals surface area (Å²) in [6.07, 6.45) is 12.0. The number of ether oxygens (including phenoxy) is 1. The van der Waals surface area contributed by atoms with E-state index in [2.05, 4.69) is 22.6 Å². The van der Waals surface area contributed by atoms with Gasteiger partial charge in [-0.25, -0.2) is 0 Å². The second-order valence-electron chi connectivity index (χ2n) is 6.53. The van der Waals surface area contributed by atoms with Crippen molar-refractivity contribution < 1.29 is 9.53 Å². The number of carbonyl (C=O) groups is 1. The van der Waals surface area contributed by atoms with Gasteiger partial charge in [-0.15, -0.1) is 6.42 Å². The van der Waals surface area contributed by atoms with Crippen molar-refractivity contribution in [3.8, 4) is 12.3 Å². The van der Waals surface area contributed by atoms with E-state index in [1.165, 1.54) is 6.42 Å². The molecule has 0 spiro atoms. The fourth-order valence-corrected chi connectivity index (χ4v) is 3.48. The first kappa shape index (κ1) is 17.3. The number of nitrogens with zero attached hydrogens (tertiary/aromatic N) is 2. The molecule has 0 bridgehead atoms. The summed E-state index contributed by atoms with van der Waals surface area (Å²) in [5.41, 5.74) is 0. The number of carbonyl (C=O) groups excluding carboxylic acids is 1. The SMILES string of the molecule is C#CCN1CCC(C(=O)N(CCC)C[C@H]2CCCCO2)CC1. The van der Waals surface area contributed by atoms with Crippen molar-refractivity contribution in [1.82, 2.24) is 9.80 Å². The maximum absolute atomic E-state index is 12.8. The molecule has 1 amide bonds. The normalized spacial score (nSPS) is 23.9. The number of rotatable bonds is 6. The first-order chi connectivity index (χ1) is 10.7. The van der Waals surface area contributed by atoms with Gasteiger partial charge in [-0.05, 0) is 51.6 Å². The topological polar surface area (TPSA) is 32.8 Å². The summed E-state index contributed by atoms with van der Waals surface area (Å²) >= 11 is 0. The Balaban J connectivity index is 1.85. The van der Waals surface area contributed by atoms with Crippen molar-refractivity contribution in [2.24, 2.45) is 5.92 Å². The summed E-state index contributed by atoms with van der Waals surface area (Å²) in [5, 5.41) is 0. The van der Waals surface area contributed by atoms with E-state index in [4.69, 9.17) is 11.2 Å². The van der Waals surface area contributed by atoms with E-state index < -0.39 is 0 Å². The zero-order valence-corrected chi connectivity index (χ0v) is 13.9. The van der Waals surface area contributed by atoms with Crippen molar-refractivity contribution in [3.63, 3.8) is 0 Å². The average molecular weight is 306 g/mol. The highest BCUT2D eigenvalue weighted by Gasteiger charge is 2.29. The molecule has 2 aliphatic rings. The molecule has 0 unspecified atom stereocenters. The maximum atomic E-state index is 12.8. The molecule has 0 radical (unpaired) electrons. The van der Waals surface area contributed by atoms with Gasteiger partial charge in [-0.3, -0.25) is 9.69 Å². The van der Waals surface area contributed by atoms with Crippen LogP contribution in [0.5, 0.6) is 0 Å². The third-order valence-electron chi connectivity index (χ3n) is 4.75. The Hall–Kier alpha value is -1.05. The second kappa shape index (κ2) is 9.17. The van der Waals surface area contributed by atoms with E-state index in [-0.39, 0.29) is 12.0 Å². The molecule has 0 aromatic rings. The molecule has 4 nitrogen and oxygen atoms in total. The van der Waals surface area contributed by atoms with Crippen LogP contribution in [0.15, 0.2) is 0 Å². The van der Waals surface area contributed by atoms with E-state index in [1.807, 2.05) is 0 Å². The molecule has 2 saturated heterocycles. The lowest BCUT2D eigenvalue weighted by Crippen LogP contribution is -2.46. The zero-order valence-electron chi connectivity index (χ0n) is 13.9. The Morgan fingerprint density at radius 3 is 2.68 bits per heavy atom. The molecule has 2 aliphatic heterocycles. The number of hydrogen-bond acceptors (Lipinski definition) is 3. The minimum absolute atomic E-state index is 0.171. The molecular weight excluding hydrogens is 276 g/mol. The second-order valence-corrected chi connectivity index (χ2v) is 6.53. The first-order valence-electron chi connectivity index (χ1n) is 8.80. The van der Waals surface area contributed by atoms with Gasteiger partial charge in [0.15, 0.2) is 0 Å². The minimum Gasteiger partial charge on any atom is -0.376 e. The van der Waals surface area contributed by atoms with Crippen LogP contribution in [0.3, 0.4) is 0 Å². The molecule has 22 heavy (non-hydrogen) atoms. The molecule has 0 aromatic heterocycles. The predicted molar refractivity (Wildman–Crippen MR) is 88.5 cm³/mol. The Morgan fingerprint density at radius 2 is 2.09 bits per heavy atom. The van der Waals surface area contributed by atoms with Crippen molar-refractivity contribution in [2.45, 2.75) is 51.6 Å². The quantitative estimate of drug-likeness (QED) is 0.705. The smallest absolute Gasteiger partial charge is 0.225 e. The van der Waals surface area contributed by atoms with Gasteiger partial charge in [0.05, 0.1) is 12.6 Å². The van der Waals surface area contributed by atoms with Crippen LogP contribution >= 0.6 is 0 Å². The third kappa shape index (κ3) is 5.00. The molecule has 2 heterocycles. The lowest BCUT2D eigenvalue weighted by Gasteiger charge is -2.35. The van der Waals surface area contributed by atoms with Crippen molar-refractivity contribution in [2.75, 3.05) is 39.3 Å². The van der Waals surface area contributed by atoms with Crippen LogP contribution in [0.4, 0.5) is 0 Å². The van der Waals surface area contributed by atoms with Crippen molar-refractivity contribution >= 4 is 5.91 Å². The van der Waals surface area contributed by atoms with Crippen molar-refractivity contribution in [3.05, 3.63) is 0 Å². The zero-order chi connectivity index (χ0) is 15.8. The van der Waals surface area contributed by atoms with Gasteiger partial charge in [0.25, 0.3) is 0 Å². The molecule has 0 aromatic carbocycles. The Morgan fingerprint density at radius 1 is 1.32 bits per heavy atom. The summed E-state index contributed by atoms with van der Waals surface area (Å²) < 4.78 is 5.82. The highest BCUT2D eigenvalue weighted by molar-refractivity contribution is 5.79. The van der Waals surface area contributed by atoms with Crippen LogP contribution in [0.1, 0.15) is 45.4 Å². The monoisotopic (exact) mass is 306 g/mol. The highest BCUT2D eigenvalue weighted by atomic mass is 16.5. The fraction of sp³-hybridized carbons (Fsp3) is 0.833. The van der Waals surface area contributed by atoms with Gasteiger partial charge in [0, 0.05) is 25.6 Å². The van der Waals surface area contributed by atoms with Crippen molar-refractivity contribution in [1.29, 1.82) is 0 Å². The first-order valence-corrected chi connectivity index (χ1v) is 8.80. The molecule has 0 saturated carbocycles. The van der Waals surface area contributed by atoms with Gasteiger partial charge in [0.1, 0.15) is 0 Å². The third-order valence-corrected chi connectivity index (χ3v) is 4.75. The van der Waals surface area contributed by atoms with Crippen LogP contribution in [-0.2, 0) is 9.53 Å². The van der Waals surface area contributed by atoms with E-state index in [9.17, 15) is 4.79 Å². The summed E-state index contributed by atoms with van der Waals surface area (Å²) in [6.45, 7) is 7.21. The summed E-state index contributed by atoms with van der Waals surface area (Å²) in [5.74, 6) is 3.19. The molecule has 2 fully saturated rings. The number of hydrogen-bond donors (Lipinski definition) is 0. The standard InChI is InChI=1S/C18H30N2O2/c1-3-10-19-12-8-16(9-13-19)18(21)20(11-4-2)15-17-7-5-6-14-22-17/h1,16-17H,4-15H2,2H3/t17-/m1/s1. The summed E-state index contributed by atoms with van der Waals surface area (Å²) in [4.78, 5) is 17.2. The van der Waals surface area contributed by atoms with E-state index in [0.717, 1.165) is 64.9 Å². The molecule has 4 heteroatoms. The van der Waals surface area contributed by atoms with E-state index in [1.54, 1.807) is 0 Å². The lowest BCUT2D eigenvalue weighted by molar-refractivity contribution is -0.139. The summed E-state index contributed by atoms with van der Waals surface area (Å²) in [7, 11) is 0. The Labute approximate surface area is 135 Å². The number of amides is 1. The molecule has 124 valence electrons. The molecule has 0 N–H and O–H groups in total. The number of piperidine rings is 1. The van der Waals surface area contributed by atoms with Gasteiger partial charge in [-0.2, -0.15) is 0 Å². The molecule has 2 rings (SSSR count). The van der Waals surface area contributed by atoms with E-state index in [0.29, 0.717) is 12.5 Å². The summed E-state index contributed by atoms with van der Waals surface area (Å²) in [6, 6.07) is 0. The van der Waals surface area contributed by atoms with Crippen LogP contribution in [0, 0.1) is 18.3 Å². The number of likely N-dealkylation sites (tertiary alicyclic amines) is 1. The van der Waals surface area contributed by atoms with Crippen LogP contribution in [0.2, 0.25) is 0 Å². The fourth-order valence-electron chi connectivity index (χ4n) is 3.48. The molecule has 0 aliphatic carbocycles. The Kier molecular flexibility index (Phi) is 7.21. The van der Waals surface area contributed by atoms with Gasteiger partial charge in [0.2, 0.25) is 5.91 Å². The largest absolute Gasteiger partial charge is 0.376 e. The Bertz CT molecular complexity index is 377. The predicted octanol–water partition coefficient (Wildman–Crippen LogP) is 2.14. The molecular formula is C18H30N2O2. The molecule has 1 atom stereocenters. The minimum atomic E-state index is 0.171. The van der Waals surface area contributed by atoms with Gasteiger partial charge >= 0.3 is 0 Å². The van der Waals surface area contributed by atoms with E-state index >= 15 is 0 Å².